The van der Waals surface area contributed by atoms with Gasteiger partial charge >= 0.3 is 0 Å². The molecule has 5 aliphatic heterocycles. The molecule has 364 valence electrons. The molecule has 0 radical (unpaired) electrons. The number of hydrogen-bond acceptors (Lipinski definition) is 28. The average Bonchev–Trinajstić information content (AvgIpc) is 3.68. The maximum Gasteiger partial charge on any atom is 0.187 e. The van der Waals surface area contributed by atoms with E-state index in [1.807, 2.05) is 0 Å². The molecule has 63 heavy (non-hydrogen) atoms. The summed E-state index contributed by atoms with van der Waals surface area (Å²) in [4.78, 5) is 0. The highest BCUT2D eigenvalue weighted by atomic mass is 16.8. The molecule has 1 aromatic heterocycles. The molecule has 1 aromatic rings. The summed E-state index contributed by atoms with van der Waals surface area (Å²) >= 11 is 0. The van der Waals surface area contributed by atoms with Gasteiger partial charge in [0.05, 0.1) is 51.4 Å². The number of rotatable bonds is 15. The molecule has 6 heterocycles. The minimum atomic E-state index is -2.01. The molecular weight excluding hydrogens is 866 g/mol. The minimum absolute atomic E-state index is 0.0707. The van der Waals surface area contributed by atoms with E-state index in [2.05, 4.69) is 10.3 Å². The van der Waals surface area contributed by atoms with Crippen LogP contribution in [0.3, 0.4) is 0 Å². The summed E-state index contributed by atoms with van der Waals surface area (Å²) in [5.41, 5.74) is -0.198. The van der Waals surface area contributed by atoms with Crippen molar-refractivity contribution in [2.24, 2.45) is 0 Å². The van der Waals surface area contributed by atoms with Gasteiger partial charge in [0.1, 0.15) is 122 Å². The summed E-state index contributed by atoms with van der Waals surface area (Å²) in [6, 6.07) is -1.34. The van der Waals surface area contributed by atoms with Gasteiger partial charge in [0.2, 0.25) is 0 Å². The fraction of sp³-hybridized carbons (Fsp3) is 0.941. The van der Waals surface area contributed by atoms with Crippen molar-refractivity contribution >= 4 is 0 Å². The molecule has 5 aliphatic rings. The Labute approximate surface area is 355 Å². The van der Waals surface area contributed by atoms with Crippen molar-refractivity contribution in [2.45, 2.75) is 174 Å². The van der Waals surface area contributed by atoms with Gasteiger partial charge in [-0.25, -0.2) is 4.68 Å². The van der Waals surface area contributed by atoms with Crippen molar-refractivity contribution in [1.82, 2.24) is 15.0 Å². The maximum atomic E-state index is 11.4. The zero-order chi connectivity index (χ0) is 46.2. The van der Waals surface area contributed by atoms with E-state index < -0.39 is 193 Å². The number of aliphatic hydroxyl groups is 17. The molecule has 5 saturated heterocycles. The quantitative estimate of drug-likeness (QED) is 0.0776. The first-order chi connectivity index (χ1) is 29.9. The molecule has 5 fully saturated rings. The van der Waals surface area contributed by atoms with E-state index in [1.54, 1.807) is 0 Å². The lowest BCUT2D eigenvalue weighted by atomic mass is 9.95. The summed E-state index contributed by atoms with van der Waals surface area (Å²) in [6.45, 7) is -3.35. The number of ether oxygens (including phenoxy) is 9. The van der Waals surface area contributed by atoms with Gasteiger partial charge in [-0.3, -0.25) is 0 Å². The third kappa shape index (κ3) is 10.0. The van der Waals surface area contributed by atoms with Gasteiger partial charge in [-0.05, 0) is 6.92 Å². The predicted molar refractivity (Wildman–Crippen MR) is 190 cm³/mol. The van der Waals surface area contributed by atoms with Crippen LogP contribution in [0.25, 0.3) is 0 Å². The van der Waals surface area contributed by atoms with Crippen LogP contribution in [0.1, 0.15) is 24.4 Å². The van der Waals surface area contributed by atoms with Gasteiger partial charge in [0.15, 0.2) is 31.5 Å². The van der Waals surface area contributed by atoms with E-state index in [4.69, 9.17) is 42.6 Å². The van der Waals surface area contributed by atoms with Gasteiger partial charge in [-0.1, -0.05) is 5.21 Å². The molecule has 0 aliphatic carbocycles. The standard InChI is InChI=1S/C34H57N3O26/c1-8-15(17(44)23(50)32(56-8)61-29-14(6-42)60-34(26(53)21(29)48)62-27-12(4-40)57-30(54)22(49)19(27)46)37-10(9(2-38)35-36-37)7-55-31-25(52)20(47)28(13(5-41)59-31)63-33-24(51)18(45)16(43)11(3-39)58-33/h8,11-34,38-54H,2-7H2,1H3/t8-,11-,12-,13-,14-,15-,16-,17+,18+,19-,20-,21-,22-,23-,24-,25-,26-,27-,28-,29-,30?,31+,32-,33-,34-/m1/s1. The molecular formula is C34H57N3O26. The highest BCUT2D eigenvalue weighted by molar-refractivity contribution is 5.11. The number of hydrogen-bond donors (Lipinski definition) is 17. The summed E-state index contributed by atoms with van der Waals surface area (Å²) in [7, 11) is 0. The van der Waals surface area contributed by atoms with Crippen LogP contribution in [0.15, 0.2) is 0 Å². The molecule has 25 atom stereocenters. The van der Waals surface area contributed by atoms with Crippen molar-refractivity contribution in [1.29, 1.82) is 0 Å². The van der Waals surface area contributed by atoms with Gasteiger partial charge < -0.3 is 129 Å². The molecule has 0 amide bonds. The van der Waals surface area contributed by atoms with Gasteiger partial charge in [-0.15, -0.1) is 5.10 Å². The third-order valence-corrected chi connectivity index (χ3v) is 11.7. The Kier molecular flexibility index (Phi) is 17.1. The fourth-order valence-electron chi connectivity index (χ4n) is 8.06. The molecule has 1 unspecified atom stereocenters. The van der Waals surface area contributed by atoms with E-state index in [9.17, 15) is 86.8 Å². The predicted octanol–water partition coefficient (Wildman–Crippen LogP) is -11.4. The largest absolute Gasteiger partial charge is 0.394 e. The van der Waals surface area contributed by atoms with Crippen LogP contribution in [0.4, 0.5) is 0 Å². The topological polar surface area (TPSA) is 458 Å². The summed E-state index contributed by atoms with van der Waals surface area (Å²) < 4.78 is 51.0. The van der Waals surface area contributed by atoms with Crippen molar-refractivity contribution in [2.75, 3.05) is 26.4 Å². The SMILES string of the molecule is C[C@H]1O[C@H](O[C@H]2[C@H](O)[C@@H](O)[C@@H](O[C@H]3[C@H](O)[C@@H](O)C(O)O[C@@H]3CO)O[C@@H]2CO)[C@H](O)[C@@H](O)[C@@H]1n1nnc(CO)c1CO[C@H]1O[C@H](CO)[C@@H](O[C@H]2O[C@H](CO)[C@@H](O)[C@H](O)[C@H]2O)[C@H](O)[C@H]1O. The Bertz CT molecular complexity index is 1580. The van der Waals surface area contributed by atoms with Crippen LogP contribution < -0.4 is 0 Å². The normalized spacial score (nSPS) is 48.6. The van der Waals surface area contributed by atoms with Crippen LogP contribution in [-0.2, 0) is 55.8 Å². The van der Waals surface area contributed by atoms with E-state index in [1.165, 1.54) is 6.92 Å². The van der Waals surface area contributed by atoms with Crippen molar-refractivity contribution in [3.05, 3.63) is 11.4 Å². The van der Waals surface area contributed by atoms with Gasteiger partial charge in [-0.2, -0.15) is 0 Å². The Morgan fingerprint density at radius 1 is 0.476 bits per heavy atom. The van der Waals surface area contributed by atoms with Gasteiger partial charge in [0.25, 0.3) is 0 Å². The smallest absolute Gasteiger partial charge is 0.187 e. The lowest BCUT2D eigenvalue weighted by molar-refractivity contribution is -0.374. The van der Waals surface area contributed by atoms with E-state index in [-0.39, 0.29) is 11.4 Å². The lowest BCUT2D eigenvalue weighted by Gasteiger charge is -2.48. The van der Waals surface area contributed by atoms with Crippen molar-refractivity contribution in [3.63, 3.8) is 0 Å². The van der Waals surface area contributed by atoms with E-state index >= 15 is 0 Å². The molecule has 0 spiro atoms. The average molecular weight is 924 g/mol. The Morgan fingerprint density at radius 2 is 0.905 bits per heavy atom. The van der Waals surface area contributed by atoms with Crippen LogP contribution >= 0.6 is 0 Å². The maximum absolute atomic E-state index is 11.4. The fourth-order valence-corrected chi connectivity index (χ4v) is 8.06. The van der Waals surface area contributed by atoms with Crippen molar-refractivity contribution in [3.8, 4) is 0 Å². The highest BCUT2D eigenvalue weighted by Gasteiger charge is 2.55. The monoisotopic (exact) mass is 923 g/mol. The van der Waals surface area contributed by atoms with E-state index in [0.717, 1.165) is 4.68 Å². The first-order valence-corrected chi connectivity index (χ1v) is 19.9. The third-order valence-electron chi connectivity index (χ3n) is 11.7. The summed E-state index contributed by atoms with van der Waals surface area (Å²) in [5.74, 6) is 0. The summed E-state index contributed by atoms with van der Waals surface area (Å²) in [5, 5.41) is 185. The second-order valence-electron chi connectivity index (χ2n) is 15.7. The van der Waals surface area contributed by atoms with Crippen LogP contribution in [0, 0.1) is 0 Å². The van der Waals surface area contributed by atoms with Crippen LogP contribution in [0.5, 0.6) is 0 Å². The second kappa shape index (κ2) is 21.4. The molecule has 17 N–H and O–H groups in total. The first kappa shape index (κ1) is 50.5. The van der Waals surface area contributed by atoms with Crippen LogP contribution in [-0.4, -0.2) is 276 Å². The Morgan fingerprint density at radius 3 is 1.43 bits per heavy atom. The van der Waals surface area contributed by atoms with Crippen molar-refractivity contribution < 1.29 is 129 Å². The molecule has 29 heteroatoms. The number of aromatic nitrogens is 3. The lowest BCUT2D eigenvalue weighted by Crippen LogP contribution is -2.66. The molecule has 29 nitrogen and oxygen atoms in total. The zero-order valence-corrected chi connectivity index (χ0v) is 33.3. The second-order valence-corrected chi connectivity index (χ2v) is 15.7. The van der Waals surface area contributed by atoms with Crippen LogP contribution in [0.2, 0.25) is 0 Å². The number of aliphatic hydroxyl groups excluding tert-OH is 17. The Hall–Kier alpha value is -1.90. The molecule has 0 bridgehead atoms. The highest BCUT2D eigenvalue weighted by Crippen LogP contribution is 2.36. The zero-order valence-electron chi connectivity index (χ0n) is 33.3. The Balaban J connectivity index is 1.10. The molecule has 6 rings (SSSR count). The van der Waals surface area contributed by atoms with E-state index in [0.29, 0.717) is 0 Å². The molecule has 0 saturated carbocycles. The first-order valence-electron chi connectivity index (χ1n) is 19.9. The molecule has 0 aromatic carbocycles. The summed E-state index contributed by atoms with van der Waals surface area (Å²) in [6.07, 6.45) is -41.9. The van der Waals surface area contributed by atoms with Gasteiger partial charge in [0, 0.05) is 0 Å². The minimum Gasteiger partial charge on any atom is -0.394 e. The number of nitrogens with zero attached hydrogens (tertiary/aromatic N) is 3.